The summed E-state index contributed by atoms with van der Waals surface area (Å²) in [5, 5.41) is 6.35. The van der Waals surface area contributed by atoms with Crippen LogP contribution in [0.5, 0.6) is 5.75 Å². The van der Waals surface area contributed by atoms with Gasteiger partial charge in [0.05, 0.1) is 16.9 Å². The molecule has 0 aliphatic heterocycles. The summed E-state index contributed by atoms with van der Waals surface area (Å²) in [6.07, 6.45) is 4.45. The molecule has 46 heavy (non-hydrogen) atoms. The Hall–Kier alpha value is -4.52. The molecule has 1 amide bonds. The summed E-state index contributed by atoms with van der Waals surface area (Å²) in [5.41, 5.74) is 2.05. The number of para-hydroxylation sites is 1. The number of likely N-dealkylation sites (N-methyl/N-ethyl adjacent to an activating group) is 1. The molecule has 0 bridgehead atoms. The van der Waals surface area contributed by atoms with Crippen LogP contribution in [-0.4, -0.2) is 54.7 Å². The van der Waals surface area contributed by atoms with Crippen LogP contribution in [-0.2, 0) is 15.7 Å². The molecule has 242 valence electrons. The minimum atomic E-state index is -4.59. The number of nitrogens with zero attached hydrogens (tertiary/aromatic N) is 3. The summed E-state index contributed by atoms with van der Waals surface area (Å²) in [7, 11) is -2.74. The summed E-state index contributed by atoms with van der Waals surface area (Å²) in [4.78, 5) is 33.4. The van der Waals surface area contributed by atoms with E-state index in [9.17, 15) is 22.6 Å². The number of benzene rings is 3. The number of aryl methyl sites for hydroxylation is 2. The van der Waals surface area contributed by atoms with Crippen molar-refractivity contribution < 1.29 is 22.5 Å². The van der Waals surface area contributed by atoms with E-state index in [0.717, 1.165) is 16.7 Å². The van der Waals surface area contributed by atoms with Crippen molar-refractivity contribution in [1.82, 2.24) is 14.9 Å². The Morgan fingerprint density at radius 3 is 2.54 bits per heavy atom. The Labute approximate surface area is 269 Å². The second-order valence-corrected chi connectivity index (χ2v) is 13.4. The molecule has 0 atom stereocenters. The summed E-state index contributed by atoms with van der Waals surface area (Å²) < 4.78 is 41.9. The van der Waals surface area contributed by atoms with Gasteiger partial charge < -0.3 is 20.3 Å². The Bertz CT molecular complexity index is 1930. The number of aromatic nitrogens is 2. The van der Waals surface area contributed by atoms with Crippen LogP contribution in [0.1, 0.15) is 53.7 Å². The number of rotatable bonds is 12. The molecule has 12 heteroatoms. The van der Waals surface area contributed by atoms with Crippen molar-refractivity contribution in [2.45, 2.75) is 57.0 Å². The van der Waals surface area contributed by atoms with Gasteiger partial charge in [0, 0.05) is 36.1 Å². The molecule has 1 fully saturated rings. The number of carbonyl (C=O) groups is 1. The third kappa shape index (κ3) is 6.99. The predicted octanol–water partition coefficient (Wildman–Crippen LogP) is 4.85. The first-order valence-electron chi connectivity index (χ1n) is 15.1. The third-order valence-electron chi connectivity index (χ3n) is 7.94. The lowest BCUT2D eigenvalue weighted by Crippen LogP contribution is -2.35. The van der Waals surface area contributed by atoms with Crippen LogP contribution in [0.15, 0.2) is 82.7 Å². The molecule has 4 aromatic rings. The van der Waals surface area contributed by atoms with Crippen molar-refractivity contribution in [3.8, 4) is 11.4 Å². The summed E-state index contributed by atoms with van der Waals surface area (Å²) in [5.74, 6) is 0.376. The zero-order valence-corrected chi connectivity index (χ0v) is 27.4. The van der Waals surface area contributed by atoms with Gasteiger partial charge in [-0.15, -0.1) is 0 Å². The molecule has 1 aromatic heterocycles. The second-order valence-electron chi connectivity index (χ2n) is 12.0. The Morgan fingerprint density at radius 1 is 1.11 bits per heavy atom. The monoisotopic (exact) mass is 645 g/mol. The largest absolute Gasteiger partial charge is 0.492 e. The van der Waals surface area contributed by atoms with Gasteiger partial charge in [-0.1, -0.05) is 30.3 Å². The number of hydrogen-bond donors (Lipinski definition) is 3. The highest BCUT2D eigenvalue weighted by molar-refractivity contribution is 7.86. The summed E-state index contributed by atoms with van der Waals surface area (Å²) in [6, 6.07) is 16.9. The minimum Gasteiger partial charge on any atom is -0.492 e. The average Bonchev–Trinajstić information content (AvgIpc) is 3.84. The van der Waals surface area contributed by atoms with Gasteiger partial charge in [0.25, 0.3) is 21.6 Å². The lowest BCUT2D eigenvalue weighted by Gasteiger charge is -2.29. The van der Waals surface area contributed by atoms with E-state index in [4.69, 9.17) is 4.74 Å². The Balaban J connectivity index is 1.50. The number of amides is 1. The van der Waals surface area contributed by atoms with Crippen LogP contribution in [0.4, 0.5) is 11.5 Å². The molecular formula is C34H39N5O6S. The first-order valence-corrected chi connectivity index (χ1v) is 16.5. The highest BCUT2D eigenvalue weighted by Gasteiger charge is 2.37. The smallest absolute Gasteiger partial charge is 0.297 e. The molecule has 0 radical (unpaired) electrons. The van der Waals surface area contributed by atoms with E-state index in [1.54, 1.807) is 43.5 Å². The lowest BCUT2D eigenvalue weighted by atomic mass is 9.93. The third-order valence-corrected chi connectivity index (χ3v) is 8.84. The fraction of sp³-hybridized carbons (Fsp3) is 0.324. The number of ether oxygens (including phenoxy) is 1. The van der Waals surface area contributed by atoms with Gasteiger partial charge in [-0.25, -0.2) is 4.98 Å². The van der Waals surface area contributed by atoms with E-state index in [2.05, 4.69) is 15.6 Å². The molecule has 1 saturated carbocycles. The molecule has 11 nitrogen and oxygen atoms in total. The second kappa shape index (κ2) is 13.1. The highest BCUT2D eigenvalue weighted by atomic mass is 32.2. The molecular weight excluding hydrogens is 606 g/mol. The van der Waals surface area contributed by atoms with Gasteiger partial charge in [-0.2, -0.15) is 8.42 Å². The van der Waals surface area contributed by atoms with Gasteiger partial charge in [0.15, 0.2) is 5.82 Å². The molecule has 0 spiro atoms. The van der Waals surface area contributed by atoms with Crippen molar-refractivity contribution >= 4 is 27.5 Å². The van der Waals surface area contributed by atoms with Gasteiger partial charge in [0.2, 0.25) is 0 Å². The average molecular weight is 646 g/mol. The normalized spacial score (nSPS) is 13.3. The van der Waals surface area contributed by atoms with Crippen LogP contribution in [0.25, 0.3) is 5.69 Å². The fourth-order valence-electron chi connectivity index (χ4n) is 5.40. The highest BCUT2D eigenvalue weighted by Crippen LogP contribution is 2.37. The summed E-state index contributed by atoms with van der Waals surface area (Å²) in [6.45, 7) is 8.66. The van der Waals surface area contributed by atoms with Crippen molar-refractivity contribution in [3.05, 3.63) is 106 Å². The maximum atomic E-state index is 14.1. The zero-order chi connectivity index (χ0) is 33.2. The van der Waals surface area contributed by atoms with E-state index >= 15 is 0 Å². The number of hydrogen-bond acceptors (Lipinski definition) is 8. The van der Waals surface area contributed by atoms with Crippen LogP contribution >= 0.6 is 0 Å². The van der Waals surface area contributed by atoms with Gasteiger partial charge in [-0.05, 0) is 89.0 Å². The van der Waals surface area contributed by atoms with Crippen molar-refractivity contribution in [3.63, 3.8) is 0 Å². The standard InChI is InChI=1S/C34H39N5O6S/c1-22-10-15-30(46(42,43)44)28(20-22)39(25-13-14-25)32(40)24-12-11-23(2)27(21-24)38-18-16-36-31(33(38)41)37-34(3,4)26-8-6-7-9-29(26)45-19-17-35-5/h6-12,15-16,18,20-21,25,35H,13-14,17,19H2,1-5H3,(H,36,37)(H,42,43,44). The summed E-state index contributed by atoms with van der Waals surface area (Å²) >= 11 is 0. The fourth-order valence-corrected chi connectivity index (χ4v) is 6.06. The quantitative estimate of drug-likeness (QED) is 0.146. The Morgan fingerprint density at radius 2 is 1.85 bits per heavy atom. The van der Waals surface area contributed by atoms with Crippen LogP contribution in [0, 0.1) is 13.8 Å². The first kappa shape index (κ1) is 32.9. The van der Waals surface area contributed by atoms with Crippen LogP contribution in [0.2, 0.25) is 0 Å². The molecule has 1 aliphatic rings. The number of carbonyl (C=O) groups excluding carboxylic acids is 1. The van der Waals surface area contributed by atoms with Crippen LogP contribution in [0.3, 0.4) is 0 Å². The van der Waals surface area contributed by atoms with Crippen molar-refractivity contribution in [2.75, 3.05) is 30.4 Å². The maximum Gasteiger partial charge on any atom is 0.297 e. The number of nitrogens with one attached hydrogen (secondary N) is 2. The van der Waals surface area contributed by atoms with Crippen molar-refractivity contribution in [1.29, 1.82) is 0 Å². The minimum absolute atomic E-state index is 0.116. The first-order chi connectivity index (χ1) is 21.8. The van der Waals surface area contributed by atoms with E-state index in [1.165, 1.54) is 21.7 Å². The maximum absolute atomic E-state index is 14.1. The number of anilines is 2. The van der Waals surface area contributed by atoms with E-state index < -0.39 is 27.1 Å². The molecule has 3 N–H and O–H groups in total. The predicted molar refractivity (Wildman–Crippen MR) is 178 cm³/mol. The lowest BCUT2D eigenvalue weighted by molar-refractivity contribution is 0.0984. The topological polar surface area (TPSA) is 143 Å². The van der Waals surface area contributed by atoms with Crippen molar-refractivity contribution in [2.24, 2.45) is 0 Å². The molecule has 0 saturated heterocycles. The van der Waals surface area contributed by atoms with Crippen LogP contribution < -0.4 is 25.8 Å². The molecule has 0 unspecified atom stereocenters. The molecule has 1 heterocycles. The zero-order valence-electron chi connectivity index (χ0n) is 26.6. The molecule has 3 aromatic carbocycles. The van der Waals surface area contributed by atoms with Gasteiger partial charge >= 0.3 is 0 Å². The Kier molecular flexibility index (Phi) is 9.34. The van der Waals surface area contributed by atoms with E-state index in [-0.39, 0.29) is 28.0 Å². The van der Waals surface area contributed by atoms with E-state index in [0.29, 0.717) is 37.4 Å². The van der Waals surface area contributed by atoms with Gasteiger partial charge in [-0.3, -0.25) is 18.7 Å². The molecule has 5 rings (SSSR count). The SMILES string of the molecule is CNCCOc1ccccc1C(C)(C)Nc1nccn(-c2cc(C(=O)N(c3cc(C)ccc3S(=O)(=O)O)C3CC3)ccc2C)c1=O. The molecule has 1 aliphatic carbocycles. The van der Waals surface area contributed by atoms with E-state index in [1.807, 2.05) is 52.1 Å². The van der Waals surface area contributed by atoms with Gasteiger partial charge in [0.1, 0.15) is 17.3 Å².